The molecule has 0 spiro atoms. The van der Waals surface area contributed by atoms with E-state index in [1.807, 2.05) is 59.9 Å². The van der Waals surface area contributed by atoms with E-state index in [0.717, 1.165) is 22.4 Å². The summed E-state index contributed by atoms with van der Waals surface area (Å²) in [5, 5.41) is 5.96. The van der Waals surface area contributed by atoms with Crippen molar-refractivity contribution in [3.63, 3.8) is 0 Å². The number of hydrogen-bond donors (Lipinski definition) is 2. The molecule has 0 aliphatic carbocycles. The first-order valence-corrected chi connectivity index (χ1v) is 7.86. The van der Waals surface area contributed by atoms with Gasteiger partial charge in [0.2, 0.25) is 0 Å². The van der Waals surface area contributed by atoms with Crippen LogP contribution in [0, 0.1) is 0 Å². The maximum atomic E-state index is 12.2. The molecule has 1 fully saturated rings. The molecule has 0 bridgehead atoms. The maximum Gasteiger partial charge on any atom is 0.494 e. The largest absolute Gasteiger partial charge is 0.494 e. The van der Waals surface area contributed by atoms with Gasteiger partial charge in [-0.25, -0.2) is 0 Å². The SMILES string of the molecule is CN/C(C)=C1\C(=O)Nc2cc(B3OC(C)(C)C(C)(C)O3)ccc21. The summed E-state index contributed by atoms with van der Waals surface area (Å²) < 4.78 is 12.1. The van der Waals surface area contributed by atoms with Crippen LogP contribution in [0.3, 0.4) is 0 Å². The molecule has 0 radical (unpaired) electrons. The third-order valence-corrected chi connectivity index (χ3v) is 5.06. The van der Waals surface area contributed by atoms with Crippen LogP contribution in [0.2, 0.25) is 0 Å². The average molecular weight is 314 g/mol. The predicted octanol–water partition coefficient (Wildman–Crippen LogP) is 1.89. The Balaban J connectivity index is 1.96. The van der Waals surface area contributed by atoms with Gasteiger partial charge in [-0.3, -0.25) is 4.79 Å². The van der Waals surface area contributed by atoms with E-state index in [1.165, 1.54) is 0 Å². The van der Waals surface area contributed by atoms with Crippen LogP contribution in [0.15, 0.2) is 23.9 Å². The van der Waals surface area contributed by atoms with Crippen LogP contribution in [-0.2, 0) is 14.1 Å². The summed E-state index contributed by atoms with van der Waals surface area (Å²) in [6.45, 7) is 10.0. The summed E-state index contributed by atoms with van der Waals surface area (Å²) in [6.07, 6.45) is 0. The zero-order chi connectivity index (χ0) is 17.0. The van der Waals surface area contributed by atoms with E-state index in [4.69, 9.17) is 9.31 Å². The quantitative estimate of drug-likeness (QED) is 0.646. The van der Waals surface area contributed by atoms with E-state index >= 15 is 0 Å². The topological polar surface area (TPSA) is 59.6 Å². The molecule has 2 aliphatic heterocycles. The molecule has 2 N–H and O–H groups in total. The Morgan fingerprint density at radius 1 is 1.17 bits per heavy atom. The summed E-state index contributed by atoms with van der Waals surface area (Å²) in [5.74, 6) is -0.0853. The highest BCUT2D eigenvalue weighted by atomic mass is 16.7. The number of rotatable bonds is 2. The molecule has 122 valence electrons. The van der Waals surface area contributed by atoms with Crippen LogP contribution < -0.4 is 16.1 Å². The lowest BCUT2D eigenvalue weighted by Crippen LogP contribution is -2.41. The van der Waals surface area contributed by atoms with Gasteiger partial charge in [-0.2, -0.15) is 0 Å². The fraction of sp³-hybridized carbons (Fsp3) is 0.471. The van der Waals surface area contributed by atoms with Gasteiger partial charge in [0.1, 0.15) is 0 Å². The molecule has 1 amide bonds. The molecule has 6 heteroatoms. The minimum absolute atomic E-state index is 0.0853. The summed E-state index contributed by atoms with van der Waals surface area (Å²) in [7, 11) is 1.38. The second-order valence-electron chi connectivity index (χ2n) is 7.10. The first kappa shape index (κ1) is 16.1. The Bertz CT molecular complexity index is 694. The molecule has 1 saturated heterocycles. The highest BCUT2D eigenvalue weighted by Crippen LogP contribution is 2.37. The number of allylic oxidation sites excluding steroid dienone is 1. The molecule has 0 aromatic heterocycles. The first-order valence-electron chi connectivity index (χ1n) is 7.86. The number of anilines is 1. The number of benzene rings is 1. The molecule has 3 rings (SSSR count). The second kappa shape index (κ2) is 5.11. The van der Waals surface area contributed by atoms with Crippen molar-refractivity contribution in [3.05, 3.63) is 29.5 Å². The molecular weight excluding hydrogens is 291 g/mol. The van der Waals surface area contributed by atoms with Crippen molar-refractivity contribution in [3.8, 4) is 0 Å². The number of amides is 1. The average Bonchev–Trinajstić information content (AvgIpc) is 2.90. The van der Waals surface area contributed by atoms with Gasteiger partial charge >= 0.3 is 7.12 Å². The first-order chi connectivity index (χ1) is 10.7. The maximum absolute atomic E-state index is 12.2. The molecular formula is C17H23BN2O3. The molecule has 0 unspecified atom stereocenters. The van der Waals surface area contributed by atoms with Crippen LogP contribution in [0.1, 0.15) is 40.2 Å². The number of fused-ring (bicyclic) bond motifs is 1. The van der Waals surface area contributed by atoms with Crippen molar-refractivity contribution < 1.29 is 14.1 Å². The molecule has 23 heavy (non-hydrogen) atoms. The van der Waals surface area contributed by atoms with Crippen LogP contribution in [0.5, 0.6) is 0 Å². The van der Waals surface area contributed by atoms with E-state index in [1.54, 1.807) is 0 Å². The normalized spacial score (nSPS) is 23.6. The Morgan fingerprint density at radius 3 is 2.35 bits per heavy atom. The van der Waals surface area contributed by atoms with Crippen molar-refractivity contribution in [2.45, 2.75) is 45.8 Å². The van der Waals surface area contributed by atoms with Gasteiger partial charge in [-0.1, -0.05) is 12.1 Å². The van der Waals surface area contributed by atoms with Crippen molar-refractivity contribution in [1.82, 2.24) is 5.32 Å². The van der Waals surface area contributed by atoms with Crippen LogP contribution >= 0.6 is 0 Å². The lowest BCUT2D eigenvalue weighted by molar-refractivity contribution is -0.110. The smallest absolute Gasteiger partial charge is 0.399 e. The fourth-order valence-corrected chi connectivity index (χ4v) is 2.81. The van der Waals surface area contributed by atoms with E-state index in [2.05, 4.69) is 10.6 Å². The van der Waals surface area contributed by atoms with Gasteiger partial charge in [0.15, 0.2) is 0 Å². The van der Waals surface area contributed by atoms with Crippen LogP contribution in [0.25, 0.3) is 5.57 Å². The zero-order valence-electron chi connectivity index (χ0n) is 14.5. The minimum atomic E-state index is -0.430. The monoisotopic (exact) mass is 314 g/mol. The van der Waals surface area contributed by atoms with E-state index < -0.39 is 7.12 Å². The zero-order valence-corrected chi connectivity index (χ0v) is 14.5. The number of hydrogen-bond acceptors (Lipinski definition) is 4. The third kappa shape index (κ3) is 2.46. The standard InChI is InChI=1S/C17H23BN2O3/c1-10(19-6)14-12-8-7-11(9-13(12)20-15(14)21)18-22-16(2,3)17(4,5)23-18/h7-9,19H,1-6H3,(H,20,21)/b14-10-. The highest BCUT2D eigenvalue weighted by molar-refractivity contribution is 6.62. The van der Waals surface area contributed by atoms with Gasteiger partial charge in [0.25, 0.3) is 5.91 Å². The number of nitrogens with one attached hydrogen (secondary N) is 2. The molecule has 0 saturated carbocycles. The van der Waals surface area contributed by atoms with Crippen LogP contribution in [-0.4, -0.2) is 31.3 Å². The van der Waals surface area contributed by atoms with Crippen molar-refractivity contribution in [1.29, 1.82) is 0 Å². The summed E-state index contributed by atoms with van der Waals surface area (Å²) >= 11 is 0. The molecule has 2 heterocycles. The van der Waals surface area contributed by atoms with E-state index in [-0.39, 0.29) is 17.1 Å². The lowest BCUT2D eigenvalue weighted by Gasteiger charge is -2.32. The Kier molecular flexibility index (Phi) is 3.57. The molecule has 0 atom stereocenters. The minimum Gasteiger partial charge on any atom is -0.399 e. The Labute approximate surface area is 137 Å². The van der Waals surface area contributed by atoms with Gasteiger partial charge < -0.3 is 19.9 Å². The van der Waals surface area contributed by atoms with Crippen LogP contribution in [0.4, 0.5) is 5.69 Å². The predicted molar refractivity (Wildman–Crippen MR) is 92.4 cm³/mol. The number of carbonyl (C=O) groups is 1. The van der Waals surface area contributed by atoms with Gasteiger partial charge in [-0.05, 0) is 46.1 Å². The van der Waals surface area contributed by atoms with Crippen molar-refractivity contribution >= 4 is 29.7 Å². The van der Waals surface area contributed by atoms with E-state index in [9.17, 15) is 4.79 Å². The van der Waals surface area contributed by atoms with Gasteiger partial charge in [0.05, 0.1) is 16.8 Å². The molecule has 2 aliphatic rings. The summed E-state index contributed by atoms with van der Waals surface area (Å²) in [4.78, 5) is 12.2. The molecule has 5 nitrogen and oxygen atoms in total. The van der Waals surface area contributed by atoms with Crippen molar-refractivity contribution in [2.75, 3.05) is 12.4 Å². The fourth-order valence-electron chi connectivity index (χ4n) is 2.81. The van der Waals surface area contributed by atoms with Gasteiger partial charge in [0, 0.05) is 24.0 Å². The molecule has 1 aromatic carbocycles. The lowest BCUT2D eigenvalue weighted by atomic mass is 9.78. The summed E-state index contributed by atoms with van der Waals surface area (Å²) in [5.41, 5.74) is 3.38. The second-order valence-corrected chi connectivity index (χ2v) is 7.10. The number of carbonyl (C=O) groups excluding carboxylic acids is 1. The Morgan fingerprint density at radius 2 is 1.78 bits per heavy atom. The third-order valence-electron chi connectivity index (χ3n) is 5.06. The molecule has 1 aromatic rings. The highest BCUT2D eigenvalue weighted by Gasteiger charge is 2.51. The summed E-state index contributed by atoms with van der Waals surface area (Å²) in [6, 6.07) is 5.85. The van der Waals surface area contributed by atoms with Crippen molar-refractivity contribution in [2.24, 2.45) is 0 Å². The van der Waals surface area contributed by atoms with E-state index in [0.29, 0.717) is 5.57 Å². The van der Waals surface area contributed by atoms with Gasteiger partial charge in [-0.15, -0.1) is 0 Å². The Hall–Kier alpha value is -1.79.